The Hall–Kier alpha value is -3.07. The van der Waals surface area contributed by atoms with Gasteiger partial charge in [-0.3, -0.25) is 0 Å². The zero-order valence-electron chi connectivity index (χ0n) is 12.6. The minimum atomic E-state index is -0.486. The zero-order valence-corrected chi connectivity index (χ0v) is 12.6. The molecule has 0 saturated carbocycles. The number of hydrogen-bond donors (Lipinski definition) is 2. The first-order valence-electron chi connectivity index (χ1n) is 6.95. The summed E-state index contributed by atoms with van der Waals surface area (Å²) in [5.74, 6) is -0.351. The highest BCUT2D eigenvalue weighted by atomic mass is 19.1. The fourth-order valence-electron chi connectivity index (χ4n) is 1.96. The summed E-state index contributed by atoms with van der Waals surface area (Å²) in [6, 6.07) is 13.6. The predicted octanol–water partition coefficient (Wildman–Crippen LogP) is 3.17. The lowest BCUT2D eigenvalue weighted by Crippen LogP contribution is -2.22. The number of carbonyl (C=O) groups excluding carboxylic acids is 1. The Bertz CT molecular complexity index is 724. The Kier molecular flexibility index (Phi) is 5.53. The normalized spacial score (nSPS) is 9.78. The van der Waals surface area contributed by atoms with Crippen LogP contribution in [0.1, 0.15) is 16.7 Å². The number of nitrogens with one attached hydrogen (secondary N) is 2. The van der Waals surface area contributed by atoms with Crippen LogP contribution in [0.3, 0.4) is 0 Å². The van der Waals surface area contributed by atoms with E-state index in [0.717, 1.165) is 11.3 Å². The maximum atomic E-state index is 13.7. The summed E-state index contributed by atoms with van der Waals surface area (Å²) in [6.45, 7) is 0.646. The molecule has 1 amide bonds. The fraction of sp³-hybridized carbons (Fsp3) is 0.176. The van der Waals surface area contributed by atoms with Gasteiger partial charge in [0.2, 0.25) is 0 Å². The van der Waals surface area contributed by atoms with Crippen LogP contribution in [0, 0.1) is 17.1 Å². The SMILES string of the molecule is COC(=O)NCc1ccc(NCc2cc(C#N)ccc2F)cc1. The molecular weight excluding hydrogens is 297 g/mol. The van der Waals surface area contributed by atoms with Crippen molar-refractivity contribution >= 4 is 11.8 Å². The van der Waals surface area contributed by atoms with E-state index in [9.17, 15) is 9.18 Å². The Morgan fingerprint density at radius 1 is 1.22 bits per heavy atom. The van der Waals surface area contributed by atoms with E-state index in [0.29, 0.717) is 17.7 Å². The molecule has 0 bridgehead atoms. The average molecular weight is 313 g/mol. The molecule has 0 saturated heterocycles. The van der Waals surface area contributed by atoms with Crippen molar-refractivity contribution in [2.24, 2.45) is 0 Å². The molecule has 0 aromatic heterocycles. The van der Waals surface area contributed by atoms with E-state index in [2.05, 4.69) is 15.4 Å². The number of amides is 1. The van der Waals surface area contributed by atoms with Gasteiger partial charge in [0.05, 0.1) is 18.7 Å². The van der Waals surface area contributed by atoms with Crippen LogP contribution in [0.2, 0.25) is 0 Å². The lowest BCUT2D eigenvalue weighted by Gasteiger charge is -2.09. The average Bonchev–Trinajstić information content (AvgIpc) is 2.59. The molecular formula is C17H16FN3O2. The molecule has 0 unspecified atom stereocenters. The van der Waals surface area contributed by atoms with Gasteiger partial charge >= 0.3 is 6.09 Å². The lowest BCUT2D eigenvalue weighted by atomic mass is 10.1. The van der Waals surface area contributed by atoms with E-state index in [1.165, 1.54) is 25.3 Å². The van der Waals surface area contributed by atoms with Crippen LogP contribution in [-0.2, 0) is 17.8 Å². The quantitative estimate of drug-likeness (QED) is 0.889. The maximum absolute atomic E-state index is 13.7. The molecule has 2 aromatic rings. The van der Waals surface area contributed by atoms with Gasteiger partial charge in [0, 0.05) is 24.3 Å². The highest BCUT2D eigenvalue weighted by Gasteiger charge is 2.04. The van der Waals surface area contributed by atoms with Gasteiger partial charge in [-0.2, -0.15) is 5.26 Å². The number of nitrogens with zero attached hydrogens (tertiary/aromatic N) is 1. The van der Waals surface area contributed by atoms with Crippen LogP contribution in [0.5, 0.6) is 0 Å². The van der Waals surface area contributed by atoms with Gasteiger partial charge < -0.3 is 15.4 Å². The Labute approximate surface area is 133 Å². The molecule has 0 radical (unpaired) electrons. The molecule has 23 heavy (non-hydrogen) atoms. The van der Waals surface area contributed by atoms with Gasteiger partial charge in [-0.1, -0.05) is 12.1 Å². The number of alkyl carbamates (subject to hydrolysis) is 1. The van der Waals surface area contributed by atoms with E-state index in [-0.39, 0.29) is 12.4 Å². The standard InChI is InChI=1S/C17H16FN3O2/c1-23-17(22)21-10-12-2-5-15(6-3-12)20-11-14-8-13(9-19)4-7-16(14)18/h2-8,20H,10-11H2,1H3,(H,21,22). The molecule has 6 heteroatoms. The van der Waals surface area contributed by atoms with Crippen LogP contribution in [0.4, 0.5) is 14.9 Å². The molecule has 2 rings (SSSR count). The molecule has 0 spiro atoms. The predicted molar refractivity (Wildman–Crippen MR) is 84.1 cm³/mol. The van der Waals surface area contributed by atoms with Crippen molar-refractivity contribution in [2.75, 3.05) is 12.4 Å². The monoisotopic (exact) mass is 313 g/mol. The smallest absolute Gasteiger partial charge is 0.407 e. The Balaban J connectivity index is 1.94. The van der Waals surface area contributed by atoms with E-state index >= 15 is 0 Å². The first-order chi connectivity index (χ1) is 11.1. The van der Waals surface area contributed by atoms with Crippen molar-refractivity contribution < 1.29 is 13.9 Å². The van der Waals surface area contributed by atoms with Crippen LogP contribution >= 0.6 is 0 Å². The molecule has 0 fully saturated rings. The molecule has 2 N–H and O–H groups in total. The van der Waals surface area contributed by atoms with Crippen LogP contribution in [-0.4, -0.2) is 13.2 Å². The number of ether oxygens (including phenoxy) is 1. The number of methoxy groups -OCH3 is 1. The fourth-order valence-corrected chi connectivity index (χ4v) is 1.96. The number of hydrogen-bond acceptors (Lipinski definition) is 4. The van der Waals surface area contributed by atoms with Crippen molar-refractivity contribution in [3.8, 4) is 6.07 Å². The van der Waals surface area contributed by atoms with E-state index in [4.69, 9.17) is 5.26 Å². The van der Waals surface area contributed by atoms with Gasteiger partial charge in [0.1, 0.15) is 5.82 Å². The second kappa shape index (κ2) is 7.80. The first kappa shape index (κ1) is 16.3. The summed E-state index contributed by atoms with van der Waals surface area (Å²) in [4.78, 5) is 11.0. The van der Waals surface area contributed by atoms with E-state index in [1.54, 1.807) is 0 Å². The Morgan fingerprint density at radius 2 is 1.96 bits per heavy atom. The molecule has 0 aliphatic heterocycles. The van der Waals surface area contributed by atoms with E-state index in [1.807, 2.05) is 30.3 Å². The van der Waals surface area contributed by atoms with E-state index < -0.39 is 6.09 Å². The van der Waals surface area contributed by atoms with Gasteiger partial charge in [0.15, 0.2) is 0 Å². The molecule has 0 aliphatic rings. The summed E-state index contributed by atoms with van der Waals surface area (Å²) < 4.78 is 18.2. The number of anilines is 1. The summed E-state index contributed by atoms with van der Waals surface area (Å²) in [5.41, 5.74) is 2.58. The summed E-state index contributed by atoms with van der Waals surface area (Å²) >= 11 is 0. The molecule has 2 aromatic carbocycles. The molecule has 5 nitrogen and oxygen atoms in total. The second-order valence-corrected chi connectivity index (χ2v) is 4.81. The first-order valence-corrected chi connectivity index (χ1v) is 6.95. The third-order valence-corrected chi connectivity index (χ3v) is 3.23. The molecule has 0 heterocycles. The number of nitriles is 1. The van der Waals surface area contributed by atoms with Crippen molar-refractivity contribution in [2.45, 2.75) is 13.1 Å². The highest BCUT2D eigenvalue weighted by molar-refractivity contribution is 5.66. The number of carbonyl (C=O) groups is 1. The molecule has 118 valence electrons. The highest BCUT2D eigenvalue weighted by Crippen LogP contribution is 2.14. The number of halogens is 1. The van der Waals surface area contributed by atoms with Crippen LogP contribution < -0.4 is 10.6 Å². The van der Waals surface area contributed by atoms with Gasteiger partial charge in [-0.05, 0) is 35.9 Å². The topological polar surface area (TPSA) is 74.2 Å². The number of rotatable bonds is 5. The summed E-state index contributed by atoms with van der Waals surface area (Å²) in [6.07, 6.45) is -0.486. The zero-order chi connectivity index (χ0) is 16.7. The maximum Gasteiger partial charge on any atom is 0.407 e. The molecule has 0 aliphatic carbocycles. The second-order valence-electron chi connectivity index (χ2n) is 4.81. The van der Waals surface area contributed by atoms with Gasteiger partial charge in [-0.15, -0.1) is 0 Å². The third kappa shape index (κ3) is 4.71. The number of benzene rings is 2. The van der Waals surface area contributed by atoms with Crippen LogP contribution in [0.25, 0.3) is 0 Å². The molecule has 0 atom stereocenters. The van der Waals surface area contributed by atoms with Crippen molar-refractivity contribution in [1.29, 1.82) is 5.26 Å². The summed E-state index contributed by atoms with van der Waals surface area (Å²) in [5, 5.41) is 14.5. The van der Waals surface area contributed by atoms with Gasteiger partial charge in [0.25, 0.3) is 0 Å². The minimum Gasteiger partial charge on any atom is -0.453 e. The Morgan fingerprint density at radius 3 is 2.61 bits per heavy atom. The minimum absolute atomic E-state index is 0.279. The summed E-state index contributed by atoms with van der Waals surface area (Å²) in [7, 11) is 1.31. The van der Waals surface area contributed by atoms with Gasteiger partial charge in [-0.25, -0.2) is 9.18 Å². The van der Waals surface area contributed by atoms with Crippen molar-refractivity contribution in [3.63, 3.8) is 0 Å². The lowest BCUT2D eigenvalue weighted by molar-refractivity contribution is 0.170. The van der Waals surface area contributed by atoms with Crippen LogP contribution in [0.15, 0.2) is 42.5 Å². The largest absolute Gasteiger partial charge is 0.453 e. The third-order valence-electron chi connectivity index (χ3n) is 3.23. The van der Waals surface area contributed by atoms with Crippen molar-refractivity contribution in [1.82, 2.24) is 5.32 Å². The van der Waals surface area contributed by atoms with Crippen molar-refractivity contribution in [3.05, 3.63) is 65.0 Å².